The average molecular weight is 1850 g/mol. The standard InChI is InChI=1S/C16H23NO2.C15H21NO2.C13H16N2.C13H19NO3S.C13H19NO2.2C13H19NO.C12H15Cl2N/c1-11(2)17-8-13-5-6-14(19-10-12-3-4-12)7-15(13)16(18)9-17;1-4-18-15(17)14-9-12-7-5-6-8-13(12)10-16(14)11(2)3;1-10(2)15-7-6-11-4-5-13(14-3)8-12(11)9-15;1-10(2)14-7-6-11-8-13(17-18(3,15)16)5-4-12(11)9-14;1-9(2)14-7-10-4-5-11(16-3)6-12(10)13(15)8-14;1-9(2)14-7-11-5-4-10(3)6-12(11)13(15)8-14;1-10(2)14-8-7-12-11(9-14)5-4-6-13(12)15-3;1-8(2)15-6-5-9-10(7-15)12(14)4-3-11(9)13/h5-7,11-12,16,18H,3-4,8-10H2,1-2H3;5-8,11,14H,4,9-10H2,1-3H3;4-5,8,10H,6-7,9H2,1-2H3;4-5,8,10H,6-7,9H2,1-3H3;4-6,9,13,15H,7-8H2,1-3H3;4-6,9,13,15H,7-8H2,1-3H3;4-6,10H,7-9H2,1-3H3;3-4,8H,5-7H2,1-2H3. The summed E-state index contributed by atoms with van der Waals surface area (Å²) in [6, 6.07) is 52.5. The lowest BCUT2D eigenvalue weighted by Gasteiger charge is -2.38. The number of aryl methyl sites for hydroxylation is 1. The van der Waals surface area contributed by atoms with Crippen LogP contribution < -0.4 is 18.4 Å². The molecule has 0 amide bonds. The van der Waals surface area contributed by atoms with Crippen LogP contribution in [0.2, 0.25) is 10.0 Å². The summed E-state index contributed by atoms with van der Waals surface area (Å²) in [5, 5.41) is 32.2. The predicted molar refractivity (Wildman–Crippen MR) is 533 cm³/mol. The highest BCUT2D eigenvalue weighted by Crippen LogP contribution is 2.39. The van der Waals surface area contributed by atoms with Gasteiger partial charge in [0.15, 0.2) is 5.69 Å². The van der Waals surface area contributed by atoms with E-state index in [1.807, 2.05) is 79.7 Å². The third-order valence-corrected chi connectivity index (χ3v) is 27.8. The molecule has 1 fully saturated rings. The molecule has 0 saturated heterocycles. The van der Waals surface area contributed by atoms with Gasteiger partial charge in [0.25, 0.3) is 0 Å². The Kier molecular flexibility index (Phi) is 39.7. The summed E-state index contributed by atoms with van der Waals surface area (Å²) in [4.78, 5) is 34.4. The molecule has 714 valence electrons. The van der Waals surface area contributed by atoms with E-state index in [1.54, 1.807) is 20.3 Å². The molecule has 17 rings (SSSR count). The SMILES string of the molecule is CC(C)N1CCc2c(Cl)ccc(Cl)c2C1.CC(C)N1CCc2cc(OS(C)(=O)=O)ccc2C1.CC(C)N1Cc2ccc(OCC3CC3)cc2C(O)C1.CCOC(=O)C1Cc2ccccc2CN1C(C)C.COc1ccc2c(c1)C(O)CN(C(C)C)C2.COc1cccc2c1CCN(C(C)C)C2.Cc1ccc2c(c1)C(O)CN(C(C)C)C2.[C-]#[N+]c1ccc2c(c1)CN(C(C)C)CC2. The molecule has 1 saturated carbocycles. The lowest BCUT2D eigenvalue weighted by molar-refractivity contribution is -0.151. The Morgan fingerprint density at radius 1 is 0.443 bits per heavy atom. The number of carbonyl (C=O) groups excluding carboxylic acids is 1. The van der Waals surface area contributed by atoms with Crippen LogP contribution >= 0.6 is 23.2 Å². The molecule has 8 aliphatic heterocycles. The number of ether oxygens (including phenoxy) is 4. The van der Waals surface area contributed by atoms with Crippen molar-refractivity contribution in [2.75, 3.05) is 79.5 Å². The number of nitrogens with zero attached hydrogens (tertiary/aromatic N) is 9. The Hall–Kier alpha value is -7.99. The van der Waals surface area contributed by atoms with Gasteiger partial charge < -0.3 is 38.5 Å². The molecule has 23 heteroatoms. The van der Waals surface area contributed by atoms with Crippen molar-refractivity contribution in [2.24, 2.45) is 5.92 Å². The minimum atomic E-state index is -3.44. The molecule has 8 aromatic rings. The average Bonchev–Trinajstić information content (AvgIpc) is 1.77. The second-order valence-electron chi connectivity index (χ2n) is 38.6. The summed E-state index contributed by atoms with van der Waals surface area (Å²) < 4.78 is 48.6. The Bertz CT molecular complexity index is 5190. The number of hydrogen-bond acceptors (Lipinski definition) is 19. The highest BCUT2D eigenvalue weighted by atomic mass is 35.5. The van der Waals surface area contributed by atoms with E-state index < -0.39 is 22.3 Å². The summed E-state index contributed by atoms with van der Waals surface area (Å²) in [5.74, 6) is 3.85. The predicted octanol–water partition coefficient (Wildman–Crippen LogP) is 20.3. The number of benzene rings is 8. The van der Waals surface area contributed by atoms with Crippen LogP contribution in [0.1, 0.15) is 243 Å². The number of β-amino-alcohol motifs (C(OH)–C–C–N with tert-alkyl or cyclic N) is 3. The number of aliphatic hydroxyl groups excluding tert-OH is 3. The van der Waals surface area contributed by atoms with Gasteiger partial charge in [-0.3, -0.25) is 44.0 Å². The van der Waals surface area contributed by atoms with Crippen LogP contribution in [-0.4, -0.2) is 203 Å². The summed E-state index contributed by atoms with van der Waals surface area (Å²) in [5.41, 5.74) is 21.9. The lowest BCUT2D eigenvalue weighted by atomic mass is 9.93. The van der Waals surface area contributed by atoms with Gasteiger partial charge in [0.2, 0.25) is 0 Å². The first-order valence-electron chi connectivity index (χ1n) is 47.7. The monoisotopic (exact) mass is 1850 g/mol. The molecule has 3 N–H and O–H groups in total. The van der Waals surface area contributed by atoms with Gasteiger partial charge in [-0.05, 0) is 319 Å². The lowest BCUT2D eigenvalue weighted by Crippen LogP contribution is -2.49. The number of carbonyl (C=O) groups is 1. The van der Waals surface area contributed by atoms with Crippen molar-refractivity contribution in [3.63, 3.8) is 0 Å². The van der Waals surface area contributed by atoms with Crippen molar-refractivity contribution >= 4 is 45.0 Å². The van der Waals surface area contributed by atoms with Crippen LogP contribution in [0.25, 0.3) is 4.85 Å². The molecule has 1 aliphatic carbocycles. The topological polar surface area (TPSA) is 188 Å². The van der Waals surface area contributed by atoms with Crippen molar-refractivity contribution < 1.29 is 51.7 Å². The summed E-state index contributed by atoms with van der Waals surface area (Å²) in [6.45, 7) is 61.3. The number of fused-ring (bicyclic) bond motifs is 8. The molecule has 4 atom stereocenters. The highest BCUT2D eigenvalue weighted by molar-refractivity contribution is 7.86. The van der Waals surface area contributed by atoms with Crippen molar-refractivity contribution in [1.29, 1.82) is 0 Å². The largest absolute Gasteiger partial charge is 0.497 e. The molecule has 8 heterocycles. The zero-order chi connectivity index (χ0) is 95.2. The second kappa shape index (κ2) is 49.5. The fraction of sp³-hybridized carbons (Fsp3) is 0.537. The van der Waals surface area contributed by atoms with E-state index in [-0.39, 0.29) is 18.1 Å². The maximum Gasteiger partial charge on any atom is 0.323 e. The van der Waals surface area contributed by atoms with Gasteiger partial charge in [-0.2, -0.15) is 8.42 Å². The molecule has 0 aromatic heterocycles. The Morgan fingerprint density at radius 3 is 1.40 bits per heavy atom. The molecule has 131 heavy (non-hydrogen) atoms. The van der Waals surface area contributed by atoms with E-state index >= 15 is 0 Å². The van der Waals surface area contributed by atoms with E-state index in [0.717, 1.165) is 192 Å². The maximum atomic E-state index is 12.1. The number of methoxy groups -OCH3 is 2. The first kappa shape index (κ1) is 105. The van der Waals surface area contributed by atoms with E-state index in [2.05, 4.69) is 228 Å². The Morgan fingerprint density at radius 2 is 0.885 bits per heavy atom. The number of rotatable bonds is 17. The van der Waals surface area contributed by atoms with Crippen molar-refractivity contribution in [2.45, 2.75) is 295 Å². The smallest absolute Gasteiger partial charge is 0.323 e. The first-order valence-corrected chi connectivity index (χ1v) is 50.2. The zero-order valence-electron chi connectivity index (χ0n) is 82.1. The first-order chi connectivity index (χ1) is 62.3. The maximum absolute atomic E-state index is 12.1. The van der Waals surface area contributed by atoms with Crippen molar-refractivity contribution in [3.05, 3.63) is 262 Å². The third kappa shape index (κ3) is 30.3. The van der Waals surface area contributed by atoms with Crippen LogP contribution in [0.15, 0.2) is 146 Å². The summed E-state index contributed by atoms with van der Waals surface area (Å²) in [7, 11) is -0.0338. The number of esters is 1. The van der Waals surface area contributed by atoms with Gasteiger partial charge in [-0.25, -0.2) is 4.85 Å². The van der Waals surface area contributed by atoms with Gasteiger partial charge in [0.05, 0.1) is 58.6 Å². The van der Waals surface area contributed by atoms with Gasteiger partial charge in [0, 0.05) is 157 Å². The Labute approximate surface area is 795 Å². The summed E-state index contributed by atoms with van der Waals surface area (Å²) >= 11 is 12.4. The van der Waals surface area contributed by atoms with Crippen LogP contribution in [0.3, 0.4) is 0 Å². The molecule has 9 aliphatic rings. The van der Waals surface area contributed by atoms with Gasteiger partial charge in [-0.15, -0.1) is 0 Å². The van der Waals surface area contributed by atoms with Crippen molar-refractivity contribution in [1.82, 2.24) is 39.2 Å². The number of hydrogen-bond donors (Lipinski definition) is 3. The van der Waals surface area contributed by atoms with Gasteiger partial charge in [-0.1, -0.05) is 120 Å². The molecular formula is C108H151Cl2N9O11S. The van der Waals surface area contributed by atoms with Crippen LogP contribution in [0.4, 0.5) is 5.69 Å². The highest BCUT2D eigenvalue weighted by Gasteiger charge is 2.36. The van der Waals surface area contributed by atoms with E-state index in [4.69, 9.17) is 52.9 Å². The van der Waals surface area contributed by atoms with Gasteiger partial charge >= 0.3 is 16.1 Å². The molecule has 0 spiro atoms. The van der Waals surface area contributed by atoms with Gasteiger partial charge in [0.1, 0.15) is 29.0 Å². The van der Waals surface area contributed by atoms with Crippen LogP contribution in [0.5, 0.6) is 23.0 Å². The molecule has 0 bridgehead atoms. The Balaban J connectivity index is 0.000000156. The molecule has 8 aromatic carbocycles. The third-order valence-electron chi connectivity index (χ3n) is 26.6. The second-order valence-corrected chi connectivity index (χ2v) is 41.0. The minimum absolute atomic E-state index is 0.0966. The summed E-state index contributed by atoms with van der Waals surface area (Å²) in [6.07, 6.45) is 7.48. The van der Waals surface area contributed by atoms with Crippen LogP contribution in [0, 0.1) is 19.4 Å². The fourth-order valence-electron chi connectivity index (χ4n) is 18.1. The quantitative estimate of drug-likeness (QED) is 0.0443. The van der Waals surface area contributed by atoms with E-state index in [0.29, 0.717) is 67.2 Å². The fourth-order valence-corrected chi connectivity index (χ4v) is 19.0. The number of aliphatic hydroxyl groups is 3. The van der Waals surface area contributed by atoms with Crippen LogP contribution in [-0.2, 0) is 104 Å². The van der Waals surface area contributed by atoms with E-state index in [9.17, 15) is 28.5 Å². The van der Waals surface area contributed by atoms with E-state index in [1.165, 1.54) is 90.7 Å². The molecule has 20 nitrogen and oxygen atoms in total. The molecule has 4 unspecified atom stereocenters. The number of halogens is 2. The van der Waals surface area contributed by atoms with Crippen molar-refractivity contribution in [3.8, 4) is 23.0 Å². The molecule has 0 radical (unpaired) electrons. The zero-order valence-corrected chi connectivity index (χ0v) is 84.5. The molecular weight excluding hydrogens is 1700 g/mol. The minimum Gasteiger partial charge on any atom is -0.497 e. The normalized spacial score (nSPS) is 19.1.